The fourth-order valence-corrected chi connectivity index (χ4v) is 2.97. The Bertz CT molecular complexity index is 666. The average Bonchev–Trinajstić information content (AvgIpc) is 3.29. The second-order valence-corrected chi connectivity index (χ2v) is 5.95. The first-order chi connectivity index (χ1) is 10.8. The van der Waals surface area contributed by atoms with Gasteiger partial charge in [0.25, 0.3) is 0 Å². The van der Waals surface area contributed by atoms with Gasteiger partial charge in [-0.25, -0.2) is 0 Å². The summed E-state index contributed by atoms with van der Waals surface area (Å²) in [6.07, 6.45) is 5.71. The van der Waals surface area contributed by atoms with E-state index in [4.69, 9.17) is 0 Å². The van der Waals surface area contributed by atoms with Crippen LogP contribution in [0.4, 0.5) is 0 Å². The lowest BCUT2D eigenvalue weighted by atomic mass is 10.1. The second kappa shape index (κ2) is 8.47. The third-order valence-electron chi connectivity index (χ3n) is 4.31. The summed E-state index contributed by atoms with van der Waals surface area (Å²) in [4.78, 5) is 8.74. The van der Waals surface area contributed by atoms with Gasteiger partial charge in [-0.1, -0.05) is 31.5 Å². The number of pyridine rings is 1. The molecule has 5 heteroatoms. The van der Waals surface area contributed by atoms with Gasteiger partial charge >= 0.3 is 0 Å². The number of nitrogens with one attached hydrogen (secondary N) is 2. The molecule has 23 heavy (non-hydrogen) atoms. The Labute approximate surface area is 155 Å². The molecule has 0 aliphatic heterocycles. The Morgan fingerprint density at radius 1 is 1.30 bits per heavy atom. The third kappa shape index (κ3) is 4.56. The minimum Gasteiger partial charge on any atom is -0.353 e. The zero-order chi connectivity index (χ0) is 15.4. The predicted molar refractivity (Wildman–Crippen MR) is 107 cm³/mol. The molecule has 2 unspecified atom stereocenters. The number of hydrogen-bond acceptors (Lipinski definition) is 2. The van der Waals surface area contributed by atoms with Crippen LogP contribution in [0.5, 0.6) is 0 Å². The summed E-state index contributed by atoms with van der Waals surface area (Å²) in [6, 6.07) is 10.9. The highest BCUT2D eigenvalue weighted by atomic mass is 127. The summed E-state index contributed by atoms with van der Waals surface area (Å²) in [7, 11) is 1.83. The van der Waals surface area contributed by atoms with E-state index in [0.29, 0.717) is 6.04 Å². The number of hydrogen-bond donors (Lipinski definition) is 2. The number of guanidine groups is 1. The van der Waals surface area contributed by atoms with Crippen molar-refractivity contribution in [2.24, 2.45) is 10.9 Å². The molecule has 1 heterocycles. The molecule has 1 saturated carbocycles. The summed E-state index contributed by atoms with van der Waals surface area (Å²) >= 11 is 0. The number of benzene rings is 1. The maximum absolute atomic E-state index is 4.40. The molecule has 1 aliphatic carbocycles. The summed E-state index contributed by atoms with van der Waals surface area (Å²) in [5.74, 6) is 1.72. The number of aromatic nitrogens is 1. The minimum atomic E-state index is 0. The number of para-hydroxylation sites is 1. The van der Waals surface area contributed by atoms with Crippen LogP contribution in [-0.2, 0) is 6.54 Å². The van der Waals surface area contributed by atoms with Crippen molar-refractivity contribution in [2.75, 3.05) is 7.05 Å². The van der Waals surface area contributed by atoms with Gasteiger partial charge in [-0.05, 0) is 36.5 Å². The Hall–Kier alpha value is -1.37. The number of halogens is 1. The third-order valence-corrected chi connectivity index (χ3v) is 4.31. The van der Waals surface area contributed by atoms with E-state index in [2.05, 4.69) is 45.7 Å². The average molecular weight is 424 g/mol. The molecule has 1 aromatic carbocycles. The fraction of sp³-hybridized carbons (Fsp3) is 0.444. The molecule has 2 aromatic rings. The molecule has 0 amide bonds. The molecule has 0 spiro atoms. The van der Waals surface area contributed by atoms with E-state index in [0.717, 1.165) is 23.9 Å². The Morgan fingerprint density at radius 2 is 2.13 bits per heavy atom. The molecule has 0 radical (unpaired) electrons. The SMILES string of the molecule is CCCC1CC1NC(=NC)NCc1ccnc2ccccc12.I. The van der Waals surface area contributed by atoms with Crippen molar-refractivity contribution in [3.8, 4) is 0 Å². The normalized spacial score (nSPS) is 20.0. The first-order valence-corrected chi connectivity index (χ1v) is 8.11. The van der Waals surface area contributed by atoms with Crippen LogP contribution in [0.3, 0.4) is 0 Å². The molecule has 0 saturated heterocycles. The zero-order valence-electron chi connectivity index (χ0n) is 13.7. The van der Waals surface area contributed by atoms with Crippen LogP contribution in [0.25, 0.3) is 10.9 Å². The summed E-state index contributed by atoms with van der Waals surface area (Å²) in [5, 5.41) is 8.14. The first kappa shape index (κ1) is 18.0. The lowest BCUT2D eigenvalue weighted by Crippen LogP contribution is -2.38. The van der Waals surface area contributed by atoms with Crippen molar-refractivity contribution in [1.29, 1.82) is 0 Å². The molecule has 1 aliphatic rings. The van der Waals surface area contributed by atoms with Crippen LogP contribution in [0.1, 0.15) is 31.7 Å². The van der Waals surface area contributed by atoms with E-state index in [1.165, 1.54) is 30.2 Å². The van der Waals surface area contributed by atoms with Crippen molar-refractivity contribution in [3.05, 3.63) is 42.1 Å². The highest BCUT2D eigenvalue weighted by Crippen LogP contribution is 2.34. The monoisotopic (exact) mass is 424 g/mol. The molecule has 2 atom stereocenters. The van der Waals surface area contributed by atoms with E-state index in [1.54, 1.807) is 0 Å². The number of aliphatic imine (C=N–C) groups is 1. The minimum absolute atomic E-state index is 0. The summed E-state index contributed by atoms with van der Waals surface area (Å²) in [5.41, 5.74) is 2.28. The molecule has 3 rings (SSSR count). The van der Waals surface area contributed by atoms with Crippen molar-refractivity contribution in [2.45, 2.75) is 38.8 Å². The Balaban J connectivity index is 0.00000192. The van der Waals surface area contributed by atoms with Crippen molar-refractivity contribution < 1.29 is 0 Å². The van der Waals surface area contributed by atoms with Gasteiger partial charge in [0.15, 0.2) is 5.96 Å². The van der Waals surface area contributed by atoms with Crippen LogP contribution in [0.2, 0.25) is 0 Å². The van der Waals surface area contributed by atoms with E-state index < -0.39 is 0 Å². The highest BCUT2D eigenvalue weighted by molar-refractivity contribution is 14.0. The number of fused-ring (bicyclic) bond motifs is 1. The van der Waals surface area contributed by atoms with Crippen molar-refractivity contribution in [3.63, 3.8) is 0 Å². The first-order valence-electron chi connectivity index (χ1n) is 8.11. The van der Waals surface area contributed by atoms with Gasteiger partial charge in [-0.15, -0.1) is 24.0 Å². The molecular weight excluding hydrogens is 399 g/mol. The van der Waals surface area contributed by atoms with Crippen LogP contribution in [0.15, 0.2) is 41.5 Å². The number of nitrogens with zero attached hydrogens (tertiary/aromatic N) is 2. The maximum atomic E-state index is 4.40. The largest absolute Gasteiger partial charge is 0.353 e. The number of rotatable bonds is 5. The van der Waals surface area contributed by atoms with Gasteiger partial charge in [-0.3, -0.25) is 9.98 Å². The highest BCUT2D eigenvalue weighted by Gasteiger charge is 2.36. The topological polar surface area (TPSA) is 49.3 Å². The van der Waals surface area contributed by atoms with E-state index in [-0.39, 0.29) is 24.0 Å². The van der Waals surface area contributed by atoms with Crippen LogP contribution in [0, 0.1) is 5.92 Å². The smallest absolute Gasteiger partial charge is 0.191 e. The lowest BCUT2D eigenvalue weighted by molar-refractivity contribution is 0.655. The van der Waals surface area contributed by atoms with Gasteiger partial charge in [0.2, 0.25) is 0 Å². The van der Waals surface area contributed by atoms with Gasteiger partial charge in [-0.2, -0.15) is 0 Å². The molecular formula is C18H25IN4. The lowest BCUT2D eigenvalue weighted by Gasteiger charge is -2.13. The Kier molecular flexibility index (Phi) is 6.62. The second-order valence-electron chi connectivity index (χ2n) is 5.95. The van der Waals surface area contributed by atoms with Gasteiger partial charge < -0.3 is 10.6 Å². The van der Waals surface area contributed by atoms with Gasteiger partial charge in [0, 0.05) is 31.2 Å². The molecule has 0 bridgehead atoms. The standard InChI is InChI=1S/C18H24N4.HI/c1-3-6-13-11-17(13)22-18(19-2)21-12-14-9-10-20-16-8-5-4-7-15(14)16;/h4-5,7-10,13,17H,3,6,11-12H2,1-2H3,(H2,19,21,22);1H. The van der Waals surface area contributed by atoms with Crippen LogP contribution in [-0.4, -0.2) is 24.0 Å². The molecule has 124 valence electrons. The van der Waals surface area contributed by atoms with E-state index in [9.17, 15) is 0 Å². The van der Waals surface area contributed by atoms with Crippen molar-refractivity contribution in [1.82, 2.24) is 15.6 Å². The summed E-state index contributed by atoms with van der Waals surface area (Å²) < 4.78 is 0. The molecule has 4 nitrogen and oxygen atoms in total. The maximum Gasteiger partial charge on any atom is 0.191 e. The molecule has 1 fully saturated rings. The van der Waals surface area contributed by atoms with Gasteiger partial charge in [0.1, 0.15) is 0 Å². The summed E-state index contributed by atoms with van der Waals surface area (Å²) in [6.45, 7) is 3.00. The fourth-order valence-electron chi connectivity index (χ4n) is 2.97. The zero-order valence-corrected chi connectivity index (χ0v) is 16.1. The van der Waals surface area contributed by atoms with Crippen molar-refractivity contribution >= 4 is 40.8 Å². The van der Waals surface area contributed by atoms with E-state index >= 15 is 0 Å². The van der Waals surface area contributed by atoms with Crippen LogP contribution < -0.4 is 10.6 Å². The van der Waals surface area contributed by atoms with Gasteiger partial charge in [0.05, 0.1) is 5.52 Å². The molecule has 1 aromatic heterocycles. The van der Waals surface area contributed by atoms with E-state index in [1.807, 2.05) is 25.4 Å². The Morgan fingerprint density at radius 3 is 2.91 bits per heavy atom. The predicted octanol–water partition coefficient (Wildman–Crippen LogP) is 3.71. The molecule has 2 N–H and O–H groups in total. The quantitative estimate of drug-likeness (QED) is 0.437. The van der Waals surface area contributed by atoms with Crippen LogP contribution >= 0.6 is 24.0 Å².